The van der Waals surface area contributed by atoms with Crippen molar-refractivity contribution in [3.05, 3.63) is 95.7 Å². The average Bonchev–Trinajstić information content (AvgIpc) is 2.82. The number of urea groups is 1. The number of rotatable bonds is 7. The molecule has 7 heteroatoms. The van der Waals surface area contributed by atoms with Crippen molar-refractivity contribution in [1.82, 2.24) is 9.97 Å². The fraction of sp³-hybridized carbons (Fsp3) is 0.148. The van der Waals surface area contributed by atoms with E-state index in [4.69, 9.17) is 0 Å². The minimum absolute atomic E-state index is 0.282. The summed E-state index contributed by atoms with van der Waals surface area (Å²) in [5.41, 5.74) is 6.41. The third-order valence-electron chi connectivity index (χ3n) is 5.22. The van der Waals surface area contributed by atoms with Crippen molar-refractivity contribution in [3.63, 3.8) is 0 Å². The lowest BCUT2D eigenvalue weighted by atomic mass is 10.1. The Balaban J connectivity index is 1.39. The van der Waals surface area contributed by atoms with Gasteiger partial charge in [0, 0.05) is 34.5 Å². The zero-order valence-corrected chi connectivity index (χ0v) is 19.5. The highest BCUT2D eigenvalue weighted by atomic mass is 16.2. The molecule has 4 rings (SSSR count). The Morgan fingerprint density at radius 1 is 0.765 bits per heavy atom. The summed E-state index contributed by atoms with van der Waals surface area (Å²) in [6, 6.07) is 24.9. The average molecular weight is 453 g/mol. The molecule has 0 unspecified atom stereocenters. The van der Waals surface area contributed by atoms with Crippen molar-refractivity contribution < 1.29 is 4.79 Å². The van der Waals surface area contributed by atoms with Crippen LogP contribution in [-0.4, -0.2) is 16.0 Å². The molecule has 0 bridgehead atoms. The van der Waals surface area contributed by atoms with Crippen LogP contribution in [-0.2, 0) is 6.42 Å². The number of carbonyl (C=O) groups is 1. The number of hydrogen-bond donors (Lipinski definition) is 4. The van der Waals surface area contributed by atoms with Crippen molar-refractivity contribution in [3.8, 4) is 0 Å². The zero-order chi connectivity index (χ0) is 23.9. The van der Waals surface area contributed by atoms with Crippen molar-refractivity contribution in [2.75, 3.05) is 21.3 Å². The number of hydrogen-bond acceptors (Lipinski definition) is 5. The van der Waals surface area contributed by atoms with Crippen molar-refractivity contribution >= 4 is 40.5 Å². The van der Waals surface area contributed by atoms with Crippen molar-refractivity contribution in [2.24, 2.45) is 0 Å². The van der Waals surface area contributed by atoms with E-state index in [1.54, 1.807) is 0 Å². The van der Waals surface area contributed by atoms with Crippen LogP contribution in [0.4, 0.5) is 39.3 Å². The fourth-order valence-electron chi connectivity index (χ4n) is 3.47. The Bertz CT molecular complexity index is 1270. The molecule has 7 nitrogen and oxygen atoms in total. The van der Waals surface area contributed by atoms with Gasteiger partial charge in [0.25, 0.3) is 0 Å². The predicted octanol–water partition coefficient (Wildman–Crippen LogP) is 6.79. The van der Waals surface area contributed by atoms with Crippen LogP contribution >= 0.6 is 0 Å². The second kappa shape index (κ2) is 10.5. The Hall–Kier alpha value is -4.39. The molecule has 0 aliphatic carbocycles. The molecule has 0 fully saturated rings. The molecular weight excluding hydrogens is 424 g/mol. The number of aryl methyl sites for hydroxylation is 3. The van der Waals surface area contributed by atoms with Gasteiger partial charge in [0.1, 0.15) is 5.82 Å². The Morgan fingerprint density at radius 2 is 1.41 bits per heavy atom. The second-order valence-electron chi connectivity index (χ2n) is 8.00. The monoisotopic (exact) mass is 452 g/mol. The first-order valence-electron chi connectivity index (χ1n) is 11.2. The smallest absolute Gasteiger partial charge is 0.323 e. The van der Waals surface area contributed by atoms with Gasteiger partial charge < -0.3 is 21.3 Å². The Morgan fingerprint density at radius 3 is 2.15 bits per heavy atom. The van der Waals surface area contributed by atoms with E-state index in [2.05, 4.69) is 45.1 Å². The van der Waals surface area contributed by atoms with Gasteiger partial charge in [-0.3, -0.25) is 0 Å². The maximum Gasteiger partial charge on any atom is 0.323 e. The third-order valence-corrected chi connectivity index (χ3v) is 5.22. The summed E-state index contributed by atoms with van der Waals surface area (Å²) in [6.45, 7) is 6.04. The maximum atomic E-state index is 12.4. The van der Waals surface area contributed by atoms with Crippen molar-refractivity contribution in [2.45, 2.75) is 27.2 Å². The molecule has 1 aromatic heterocycles. The SMILES string of the molecule is CCc1ccccc1NC(=O)Nc1ccc(Nc2nc(C)cc(Nc3ccc(C)cc3)n2)cc1. The van der Waals surface area contributed by atoms with Crippen LogP contribution in [0.3, 0.4) is 0 Å². The summed E-state index contributed by atoms with van der Waals surface area (Å²) in [7, 11) is 0. The van der Waals surface area contributed by atoms with Gasteiger partial charge in [-0.15, -0.1) is 0 Å². The lowest BCUT2D eigenvalue weighted by Gasteiger charge is -2.12. The number of nitrogens with one attached hydrogen (secondary N) is 4. The molecule has 0 aliphatic heterocycles. The predicted molar refractivity (Wildman–Crippen MR) is 139 cm³/mol. The number of nitrogens with zero attached hydrogens (tertiary/aromatic N) is 2. The standard InChI is InChI=1S/C27H28N6O/c1-4-20-7-5-6-8-24(20)32-27(34)31-23-15-13-22(14-16-23)30-26-28-19(3)17-25(33-26)29-21-11-9-18(2)10-12-21/h5-17H,4H2,1-3H3,(H2,31,32,34)(H2,28,29,30,33). The number of para-hydroxylation sites is 1. The lowest BCUT2D eigenvalue weighted by Crippen LogP contribution is -2.20. The van der Waals surface area contributed by atoms with E-state index >= 15 is 0 Å². The van der Waals surface area contributed by atoms with Gasteiger partial charge in [0.05, 0.1) is 0 Å². The summed E-state index contributed by atoms with van der Waals surface area (Å²) in [4.78, 5) is 21.4. The summed E-state index contributed by atoms with van der Waals surface area (Å²) >= 11 is 0. The summed E-state index contributed by atoms with van der Waals surface area (Å²) in [6.07, 6.45) is 0.847. The van der Waals surface area contributed by atoms with Gasteiger partial charge in [0.15, 0.2) is 0 Å². The molecular formula is C27H28N6O. The van der Waals surface area contributed by atoms with Gasteiger partial charge in [-0.25, -0.2) is 9.78 Å². The number of benzene rings is 3. The quantitative estimate of drug-likeness (QED) is 0.248. The zero-order valence-electron chi connectivity index (χ0n) is 19.5. The van der Waals surface area contributed by atoms with E-state index in [-0.39, 0.29) is 6.03 Å². The molecule has 2 amide bonds. The van der Waals surface area contributed by atoms with Crippen LogP contribution in [0.2, 0.25) is 0 Å². The normalized spacial score (nSPS) is 10.4. The number of carbonyl (C=O) groups excluding carboxylic acids is 1. The van der Waals surface area contributed by atoms with Gasteiger partial charge in [-0.2, -0.15) is 4.98 Å². The number of aromatic nitrogens is 2. The van der Waals surface area contributed by atoms with Gasteiger partial charge in [-0.1, -0.05) is 42.8 Å². The summed E-state index contributed by atoms with van der Waals surface area (Å²) < 4.78 is 0. The molecule has 0 atom stereocenters. The second-order valence-corrected chi connectivity index (χ2v) is 8.00. The third kappa shape index (κ3) is 6.10. The Kier molecular flexibility index (Phi) is 7.03. The fourth-order valence-corrected chi connectivity index (χ4v) is 3.47. The first-order valence-corrected chi connectivity index (χ1v) is 11.2. The highest BCUT2D eigenvalue weighted by molar-refractivity contribution is 6.00. The van der Waals surface area contributed by atoms with Crippen molar-refractivity contribution in [1.29, 1.82) is 0 Å². The molecule has 0 saturated heterocycles. The largest absolute Gasteiger partial charge is 0.340 e. The molecule has 34 heavy (non-hydrogen) atoms. The van der Waals surface area contributed by atoms with Crippen LogP contribution in [0.15, 0.2) is 78.9 Å². The van der Waals surface area contributed by atoms with Crippen LogP contribution in [0.1, 0.15) is 23.7 Å². The minimum atomic E-state index is -0.282. The Labute approximate surface area is 199 Å². The molecule has 0 aliphatic rings. The first-order chi connectivity index (χ1) is 16.5. The molecule has 0 spiro atoms. The molecule has 3 aromatic carbocycles. The highest BCUT2D eigenvalue weighted by Gasteiger charge is 2.07. The van der Waals surface area contributed by atoms with E-state index in [9.17, 15) is 4.79 Å². The molecule has 4 aromatic rings. The van der Waals surface area contributed by atoms with Crippen LogP contribution in [0, 0.1) is 13.8 Å². The van der Waals surface area contributed by atoms with Crippen LogP contribution in [0.5, 0.6) is 0 Å². The van der Waals surface area contributed by atoms with Gasteiger partial charge in [-0.05, 0) is 68.3 Å². The van der Waals surface area contributed by atoms with E-state index in [1.165, 1.54) is 5.56 Å². The van der Waals surface area contributed by atoms with E-state index in [0.717, 1.165) is 34.7 Å². The summed E-state index contributed by atoms with van der Waals surface area (Å²) in [5, 5.41) is 12.3. The molecule has 1 heterocycles. The minimum Gasteiger partial charge on any atom is -0.340 e. The van der Waals surface area contributed by atoms with Crippen LogP contribution in [0.25, 0.3) is 0 Å². The molecule has 0 radical (unpaired) electrons. The maximum absolute atomic E-state index is 12.4. The van der Waals surface area contributed by atoms with E-state index in [1.807, 2.05) is 85.8 Å². The number of anilines is 6. The summed E-state index contributed by atoms with van der Waals surface area (Å²) in [5.74, 6) is 1.20. The lowest BCUT2D eigenvalue weighted by molar-refractivity contribution is 0.262. The molecule has 4 N–H and O–H groups in total. The van der Waals surface area contributed by atoms with E-state index < -0.39 is 0 Å². The van der Waals surface area contributed by atoms with Crippen LogP contribution < -0.4 is 21.3 Å². The number of amides is 2. The van der Waals surface area contributed by atoms with Gasteiger partial charge >= 0.3 is 6.03 Å². The van der Waals surface area contributed by atoms with Gasteiger partial charge in [0.2, 0.25) is 5.95 Å². The topological polar surface area (TPSA) is 91.0 Å². The molecule has 172 valence electrons. The highest BCUT2D eigenvalue weighted by Crippen LogP contribution is 2.21. The van der Waals surface area contributed by atoms with E-state index in [0.29, 0.717) is 17.5 Å². The first kappa shape index (κ1) is 22.8. The molecule has 0 saturated carbocycles.